The van der Waals surface area contributed by atoms with Crippen LogP contribution in [0.5, 0.6) is 0 Å². The summed E-state index contributed by atoms with van der Waals surface area (Å²) in [5, 5.41) is 27.6. The molecule has 0 saturated carbocycles. The van der Waals surface area contributed by atoms with Crippen LogP contribution in [-0.4, -0.2) is 33.2 Å². The molecule has 0 aliphatic carbocycles. The molecule has 0 aliphatic heterocycles. The van der Waals surface area contributed by atoms with E-state index in [2.05, 4.69) is 0 Å². The third-order valence-electron chi connectivity index (χ3n) is 5.53. The molecule has 34 heavy (non-hydrogen) atoms. The summed E-state index contributed by atoms with van der Waals surface area (Å²) in [5.41, 5.74) is 11.7. The Labute approximate surface area is 194 Å². The maximum absolute atomic E-state index is 11.2. The first-order valence-electron chi connectivity index (χ1n) is 10.2. The molecule has 0 amide bonds. The van der Waals surface area contributed by atoms with Gasteiger partial charge in [-0.1, -0.05) is 36.4 Å². The third kappa shape index (κ3) is 4.35. The van der Waals surface area contributed by atoms with E-state index in [0.717, 1.165) is 11.1 Å². The summed E-state index contributed by atoms with van der Waals surface area (Å²) in [4.78, 5) is 33.7. The number of carbonyl (C=O) groups is 3. The van der Waals surface area contributed by atoms with Crippen molar-refractivity contribution in [3.8, 4) is 33.4 Å². The van der Waals surface area contributed by atoms with Crippen LogP contribution in [0.15, 0.2) is 84.9 Å². The molecule has 0 fully saturated rings. The molecular formula is C27H19NO6. The van der Waals surface area contributed by atoms with Crippen molar-refractivity contribution in [3.05, 3.63) is 102 Å². The van der Waals surface area contributed by atoms with Gasteiger partial charge >= 0.3 is 17.9 Å². The van der Waals surface area contributed by atoms with Crippen LogP contribution in [0.2, 0.25) is 0 Å². The molecule has 0 atom stereocenters. The molecule has 0 saturated heterocycles. The lowest BCUT2D eigenvalue weighted by Gasteiger charge is -2.16. The molecule has 0 unspecified atom stereocenters. The van der Waals surface area contributed by atoms with E-state index in [1.165, 1.54) is 36.4 Å². The van der Waals surface area contributed by atoms with Crippen LogP contribution in [0, 0.1) is 0 Å². The lowest BCUT2D eigenvalue weighted by atomic mass is 9.90. The van der Waals surface area contributed by atoms with Crippen LogP contribution in [-0.2, 0) is 0 Å². The number of aromatic carboxylic acids is 3. The molecule has 7 nitrogen and oxygen atoms in total. The van der Waals surface area contributed by atoms with Gasteiger partial charge in [-0.3, -0.25) is 0 Å². The maximum Gasteiger partial charge on any atom is 0.335 e. The van der Waals surface area contributed by atoms with Gasteiger partial charge in [0.2, 0.25) is 0 Å². The molecular weight excluding hydrogens is 434 g/mol. The predicted octanol–water partition coefficient (Wildman–Crippen LogP) is 5.36. The second-order valence-corrected chi connectivity index (χ2v) is 7.63. The highest BCUT2D eigenvalue weighted by molar-refractivity contribution is 5.96. The minimum Gasteiger partial charge on any atom is -0.478 e. The number of hydrogen-bond acceptors (Lipinski definition) is 4. The Morgan fingerprint density at radius 2 is 0.765 bits per heavy atom. The Hall–Kier alpha value is -4.91. The average Bonchev–Trinajstić information content (AvgIpc) is 2.84. The van der Waals surface area contributed by atoms with Gasteiger partial charge in [0.25, 0.3) is 0 Å². The van der Waals surface area contributed by atoms with Crippen molar-refractivity contribution in [2.45, 2.75) is 0 Å². The fourth-order valence-electron chi connectivity index (χ4n) is 3.69. The largest absolute Gasteiger partial charge is 0.478 e. The monoisotopic (exact) mass is 453 g/mol. The Morgan fingerprint density at radius 3 is 1.06 bits per heavy atom. The highest BCUT2D eigenvalue weighted by atomic mass is 16.4. The molecule has 4 aromatic carbocycles. The Balaban J connectivity index is 1.90. The summed E-state index contributed by atoms with van der Waals surface area (Å²) in [7, 11) is 0. The maximum atomic E-state index is 11.2. The highest BCUT2D eigenvalue weighted by Crippen LogP contribution is 2.39. The summed E-state index contributed by atoms with van der Waals surface area (Å²) in [6, 6.07) is 22.8. The van der Waals surface area contributed by atoms with Gasteiger partial charge in [0.15, 0.2) is 0 Å². The van der Waals surface area contributed by atoms with Crippen LogP contribution in [0.1, 0.15) is 31.1 Å². The van der Waals surface area contributed by atoms with E-state index in [1.807, 2.05) is 12.1 Å². The molecule has 0 aromatic heterocycles. The molecule has 4 rings (SSSR count). The quantitative estimate of drug-likeness (QED) is 0.288. The van der Waals surface area contributed by atoms with Gasteiger partial charge < -0.3 is 21.1 Å². The number of nitrogen functional groups attached to an aromatic ring is 1. The molecule has 0 radical (unpaired) electrons. The van der Waals surface area contributed by atoms with Gasteiger partial charge in [0, 0.05) is 16.8 Å². The molecule has 0 bridgehead atoms. The smallest absolute Gasteiger partial charge is 0.335 e. The zero-order valence-corrected chi connectivity index (χ0v) is 17.7. The van der Waals surface area contributed by atoms with Crippen molar-refractivity contribution in [1.82, 2.24) is 0 Å². The molecule has 168 valence electrons. The molecule has 4 aromatic rings. The van der Waals surface area contributed by atoms with Crippen molar-refractivity contribution < 1.29 is 29.7 Å². The summed E-state index contributed by atoms with van der Waals surface area (Å²) < 4.78 is 0. The lowest BCUT2D eigenvalue weighted by Crippen LogP contribution is -1.99. The Bertz CT molecular complexity index is 1330. The number of benzene rings is 4. The van der Waals surface area contributed by atoms with Crippen LogP contribution in [0.25, 0.3) is 33.4 Å². The molecule has 7 heteroatoms. The number of carboxylic acid groups (broad SMARTS) is 3. The van der Waals surface area contributed by atoms with E-state index in [0.29, 0.717) is 27.9 Å². The second kappa shape index (κ2) is 8.91. The van der Waals surface area contributed by atoms with E-state index in [-0.39, 0.29) is 16.7 Å². The van der Waals surface area contributed by atoms with E-state index < -0.39 is 17.9 Å². The normalized spacial score (nSPS) is 10.6. The van der Waals surface area contributed by atoms with Crippen molar-refractivity contribution in [1.29, 1.82) is 0 Å². The summed E-state index contributed by atoms with van der Waals surface area (Å²) in [6.07, 6.45) is 0. The van der Waals surface area contributed by atoms with E-state index >= 15 is 0 Å². The zero-order valence-electron chi connectivity index (χ0n) is 17.7. The number of rotatable bonds is 6. The zero-order chi connectivity index (χ0) is 24.4. The standard InChI is InChI=1S/C27H19NO6/c28-24-22(16-3-9-19(10-4-16)26(31)32)13-21(15-1-7-18(8-2-15)25(29)30)14-23(24)17-5-11-20(12-6-17)27(33)34/h1-14H,28H2,(H,29,30)(H,31,32)(H,33,34). The van der Waals surface area contributed by atoms with Crippen molar-refractivity contribution >= 4 is 23.6 Å². The Morgan fingerprint density at radius 1 is 0.471 bits per heavy atom. The Kier molecular flexibility index (Phi) is 5.84. The topological polar surface area (TPSA) is 138 Å². The predicted molar refractivity (Wildman–Crippen MR) is 128 cm³/mol. The summed E-state index contributed by atoms with van der Waals surface area (Å²) >= 11 is 0. The first kappa shape index (κ1) is 22.3. The fraction of sp³-hybridized carbons (Fsp3) is 0. The first-order chi connectivity index (χ1) is 16.2. The van der Waals surface area contributed by atoms with Crippen LogP contribution in [0.3, 0.4) is 0 Å². The lowest BCUT2D eigenvalue weighted by molar-refractivity contribution is 0.0686. The minimum atomic E-state index is -1.04. The fourth-order valence-corrected chi connectivity index (χ4v) is 3.69. The van der Waals surface area contributed by atoms with Gasteiger partial charge in [-0.15, -0.1) is 0 Å². The highest BCUT2D eigenvalue weighted by Gasteiger charge is 2.15. The van der Waals surface area contributed by atoms with Crippen molar-refractivity contribution in [2.75, 3.05) is 5.73 Å². The number of carboxylic acids is 3. The van der Waals surface area contributed by atoms with E-state index in [9.17, 15) is 29.7 Å². The summed E-state index contributed by atoms with van der Waals surface area (Å²) in [5.74, 6) is -3.10. The van der Waals surface area contributed by atoms with Crippen molar-refractivity contribution in [2.24, 2.45) is 0 Å². The number of hydrogen-bond donors (Lipinski definition) is 4. The SMILES string of the molecule is Nc1c(-c2ccc(C(=O)O)cc2)cc(-c2ccc(C(=O)O)cc2)cc1-c1ccc(C(=O)O)cc1. The number of anilines is 1. The van der Waals surface area contributed by atoms with Crippen LogP contribution < -0.4 is 5.73 Å². The van der Waals surface area contributed by atoms with Crippen LogP contribution >= 0.6 is 0 Å². The van der Waals surface area contributed by atoms with Gasteiger partial charge in [0.1, 0.15) is 0 Å². The molecule has 0 aliphatic rings. The average molecular weight is 453 g/mol. The van der Waals surface area contributed by atoms with Gasteiger partial charge in [0.05, 0.1) is 16.7 Å². The molecule has 5 N–H and O–H groups in total. The molecule has 0 spiro atoms. The number of nitrogens with two attached hydrogens (primary N) is 1. The first-order valence-corrected chi connectivity index (χ1v) is 10.2. The second-order valence-electron chi connectivity index (χ2n) is 7.63. The minimum absolute atomic E-state index is 0.146. The van der Waals surface area contributed by atoms with Gasteiger partial charge in [-0.05, 0) is 70.8 Å². The summed E-state index contributed by atoms with van der Waals surface area (Å²) in [6.45, 7) is 0. The van der Waals surface area contributed by atoms with Crippen LogP contribution in [0.4, 0.5) is 5.69 Å². The molecule has 0 heterocycles. The van der Waals surface area contributed by atoms with E-state index in [4.69, 9.17) is 5.73 Å². The van der Waals surface area contributed by atoms with Gasteiger partial charge in [-0.2, -0.15) is 0 Å². The van der Waals surface area contributed by atoms with Crippen molar-refractivity contribution in [3.63, 3.8) is 0 Å². The third-order valence-corrected chi connectivity index (χ3v) is 5.53. The van der Waals surface area contributed by atoms with E-state index in [1.54, 1.807) is 36.4 Å². The van der Waals surface area contributed by atoms with Gasteiger partial charge in [-0.25, -0.2) is 14.4 Å².